The highest BCUT2D eigenvalue weighted by Crippen LogP contribution is 2.52. The van der Waals surface area contributed by atoms with Crippen LogP contribution in [0, 0.1) is 35.2 Å². The summed E-state index contributed by atoms with van der Waals surface area (Å²) in [6.07, 6.45) is 3.88. The number of hydrogen-bond donors (Lipinski definition) is 3. The number of nitriles is 1. The summed E-state index contributed by atoms with van der Waals surface area (Å²) in [6, 6.07) is 5.63. The molecule has 4 aliphatic heterocycles. The monoisotopic (exact) mass is 784 g/mol. The molecule has 2 amide bonds. The molecule has 4 saturated heterocycles. The van der Waals surface area contributed by atoms with Crippen molar-refractivity contribution in [2.45, 2.75) is 100 Å². The number of urea groups is 1. The number of benzene rings is 2. The Hall–Kier alpha value is -2.67. The largest absolute Gasteiger partial charge is 0.417 e. The van der Waals surface area contributed by atoms with Crippen LogP contribution in [0.3, 0.4) is 0 Å². The summed E-state index contributed by atoms with van der Waals surface area (Å²) in [6.45, 7) is 0. The van der Waals surface area contributed by atoms with Gasteiger partial charge in [0.25, 0.3) is 6.26 Å². The first-order valence-electron chi connectivity index (χ1n) is 16.4. The van der Waals surface area contributed by atoms with Gasteiger partial charge in [0.05, 0.1) is 33.4 Å². The van der Waals surface area contributed by atoms with Crippen molar-refractivity contribution in [3.8, 4) is 12.0 Å². The van der Waals surface area contributed by atoms with Gasteiger partial charge in [-0.05, 0) is 124 Å². The number of alkyl halides is 6. The minimum Gasteiger partial charge on any atom is -0.388 e. The molecule has 2 aromatic carbocycles. The Labute approximate surface area is 307 Å². The van der Waals surface area contributed by atoms with Gasteiger partial charge in [-0.25, -0.2) is 4.79 Å². The van der Waals surface area contributed by atoms with E-state index < -0.39 is 45.3 Å². The lowest BCUT2D eigenvalue weighted by Gasteiger charge is -2.56. The number of hydrogen-bond acceptors (Lipinski definition) is 6. The summed E-state index contributed by atoms with van der Waals surface area (Å²) in [5.41, 5.74) is 3.26. The van der Waals surface area contributed by atoms with Gasteiger partial charge in [0.1, 0.15) is 17.2 Å². The topological polar surface area (TPSA) is 119 Å². The number of nitrogens with two attached hydrogens (primary N) is 1. The first kappa shape index (κ1) is 39.5. The van der Waals surface area contributed by atoms with Crippen molar-refractivity contribution in [2.24, 2.45) is 29.4 Å². The third-order valence-electron chi connectivity index (χ3n) is 10.3. The smallest absolute Gasteiger partial charge is 0.388 e. The molecule has 2 aromatic rings. The number of rotatable bonds is 3. The minimum absolute atomic E-state index is 0. The van der Waals surface area contributed by atoms with Crippen LogP contribution in [0.25, 0.3) is 0 Å². The van der Waals surface area contributed by atoms with E-state index in [4.69, 9.17) is 43.7 Å². The molecule has 0 radical (unpaired) electrons. The number of ether oxygens (including phenoxy) is 3. The van der Waals surface area contributed by atoms with Gasteiger partial charge in [-0.3, -0.25) is 0 Å². The Balaban J connectivity index is 0.000000163. The molecular weight excluding hydrogens is 749 g/mol. The molecule has 51 heavy (non-hydrogen) atoms. The van der Waals surface area contributed by atoms with Gasteiger partial charge in [-0.15, -0.1) is 17.7 Å². The molecule has 8 aliphatic rings. The van der Waals surface area contributed by atoms with E-state index in [1.165, 1.54) is 44.1 Å². The van der Waals surface area contributed by atoms with Crippen molar-refractivity contribution >= 4 is 47.3 Å². The van der Waals surface area contributed by atoms with Gasteiger partial charge in [0.2, 0.25) is 0 Å². The Morgan fingerprint density at radius 2 is 1.29 bits per heavy atom. The third kappa shape index (κ3) is 9.47. The molecule has 4 N–H and O–H groups in total. The Morgan fingerprint density at radius 3 is 1.76 bits per heavy atom. The molecule has 4 heterocycles. The maximum Gasteiger partial charge on any atom is 0.417 e. The van der Waals surface area contributed by atoms with Crippen LogP contribution in [0.5, 0.6) is 5.75 Å². The molecule has 4 aliphatic carbocycles. The highest BCUT2D eigenvalue weighted by Gasteiger charge is 2.53. The van der Waals surface area contributed by atoms with E-state index in [1.807, 2.05) is 0 Å². The number of nitrogens with zero attached hydrogens (tertiary/aromatic N) is 1. The zero-order valence-corrected chi connectivity index (χ0v) is 29.4. The summed E-state index contributed by atoms with van der Waals surface area (Å²) < 4.78 is 91.6. The van der Waals surface area contributed by atoms with E-state index in [-0.39, 0.29) is 35.7 Å². The van der Waals surface area contributed by atoms with Crippen LogP contribution < -0.4 is 21.1 Å². The minimum atomic E-state index is -4.58. The van der Waals surface area contributed by atoms with E-state index in [0.717, 1.165) is 68.6 Å². The Morgan fingerprint density at radius 1 is 0.804 bits per heavy atom. The zero-order chi connectivity index (χ0) is 36.1. The molecule has 10 rings (SSSR count). The lowest BCUT2D eigenvalue weighted by molar-refractivity contribution is -0.227. The fourth-order valence-corrected chi connectivity index (χ4v) is 9.39. The van der Waals surface area contributed by atoms with Crippen molar-refractivity contribution < 1.29 is 45.3 Å². The molecule has 8 bridgehead atoms. The van der Waals surface area contributed by atoms with E-state index in [1.54, 1.807) is 0 Å². The van der Waals surface area contributed by atoms with Gasteiger partial charge in [0, 0.05) is 5.69 Å². The van der Waals surface area contributed by atoms with Crippen LogP contribution in [0.4, 0.5) is 36.8 Å². The van der Waals surface area contributed by atoms with Crippen LogP contribution in [-0.2, 0) is 21.8 Å². The van der Waals surface area contributed by atoms with Crippen LogP contribution in [0.15, 0.2) is 36.4 Å². The van der Waals surface area contributed by atoms with Crippen LogP contribution in [0.1, 0.15) is 75.3 Å². The lowest BCUT2D eigenvalue weighted by atomic mass is 9.65. The molecule has 0 spiro atoms. The normalized spacial score (nSPS) is 32.3. The highest BCUT2D eigenvalue weighted by atomic mass is 35.5. The maximum atomic E-state index is 12.9. The molecule has 0 aromatic heterocycles. The summed E-state index contributed by atoms with van der Waals surface area (Å²) in [4.78, 5) is 12.3. The number of carbonyl (C=O) groups excluding carboxylic acids is 1. The van der Waals surface area contributed by atoms with Crippen molar-refractivity contribution in [1.29, 1.82) is 5.26 Å². The summed E-state index contributed by atoms with van der Waals surface area (Å²) in [5.74, 6) is 2.71. The summed E-state index contributed by atoms with van der Waals surface area (Å²) in [5, 5.41) is 12.6. The van der Waals surface area contributed by atoms with Gasteiger partial charge in [-0.2, -0.15) is 26.3 Å². The molecule has 8 nitrogen and oxygen atoms in total. The van der Waals surface area contributed by atoms with Crippen LogP contribution >= 0.6 is 35.6 Å². The Bertz CT molecular complexity index is 1570. The number of carbonyl (C=O) groups is 1. The van der Waals surface area contributed by atoms with Gasteiger partial charge < -0.3 is 30.6 Å². The zero-order valence-electron chi connectivity index (χ0n) is 27.1. The molecule has 4 saturated carbocycles. The average molecular weight is 786 g/mol. The second-order valence-electron chi connectivity index (χ2n) is 14.3. The maximum absolute atomic E-state index is 12.9. The van der Waals surface area contributed by atoms with Crippen molar-refractivity contribution in [2.75, 3.05) is 5.32 Å². The molecule has 8 fully saturated rings. The fraction of sp³-hybridized carbons (Fsp3) is 0.588. The first-order chi connectivity index (χ1) is 23.4. The standard InChI is InChI=1S/C17H18ClF3N2O2.C9H15NO.C8H3ClF3NO.ClH/c18-14-2-1-11(6-13(14)17(19,20)21)22-15(24)23-16-7-9-3-10(8-16)5-12(4-9)25-16;10-9-4-6-1-7(5-9)3-8(2-6)11-9;9-7-2-1-5(14-4-13)3-6(7)8(10,11)12;/h1-2,6,9-10,12H,3-5,7-8H2,(H2,22,23,24);6-8H,1-5,10H2;1-3H;1H. The lowest BCUT2D eigenvalue weighted by Crippen LogP contribution is -2.63. The first-order valence-corrected chi connectivity index (χ1v) is 17.2. The number of halogens is 9. The van der Waals surface area contributed by atoms with Gasteiger partial charge in [0.15, 0.2) is 0 Å². The van der Waals surface area contributed by atoms with E-state index in [0.29, 0.717) is 24.0 Å². The van der Waals surface area contributed by atoms with Gasteiger partial charge in [-0.1, -0.05) is 23.2 Å². The molecule has 4 unspecified atom stereocenters. The van der Waals surface area contributed by atoms with Crippen LogP contribution in [-0.4, -0.2) is 29.7 Å². The van der Waals surface area contributed by atoms with Crippen molar-refractivity contribution in [3.05, 3.63) is 57.6 Å². The summed E-state index contributed by atoms with van der Waals surface area (Å²) >= 11 is 10.9. The molecule has 17 heteroatoms. The average Bonchev–Trinajstić information content (AvgIpc) is 2.96. The summed E-state index contributed by atoms with van der Waals surface area (Å²) in [7, 11) is 0. The van der Waals surface area contributed by atoms with E-state index in [9.17, 15) is 31.1 Å². The number of amides is 2. The van der Waals surface area contributed by atoms with E-state index >= 15 is 0 Å². The molecule has 280 valence electrons. The number of anilines is 1. The quantitative estimate of drug-likeness (QED) is 0.211. The van der Waals surface area contributed by atoms with Crippen LogP contribution in [0.2, 0.25) is 10.0 Å². The third-order valence-corrected chi connectivity index (χ3v) is 11.0. The van der Waals surface area contributed by atoms with Crippen molar-refractivity contribution in [1.82, 2.24) is 5.32 Å². The predicted octanol–water partition coefficient (Wildman–Crippen LogP) is 9.68. The van der Waals surface area contributed by atoms with E-state index in [2.05, 4.69) is 15.4 Å². The number of nitrogens with one attached hydrogen (secondary N) is 2. The van der Waals surface area contributed by atoms with Crippen molar-refractivity contribution in [3.63, 3.8) is 0 Å². The second-order valence-corrected chi connectivity index (χ2v) is 15.2. The highest BCUT2D eigenvalue weighted by molar-refractivity contribution is 6.31. The van der Waals surface area contributed by atoms with Gasteiger partial charge >= 0.3 is 18.4 Å². The fourth-order valence-electron chi connectivity index (χ4n) is 8.95. The Kier molecular flexibility index (Phi) is 11.6. The molecular formula is C34H37Cl3F6N4O4. The predicted molar refractivity (Wildman–Crippen MR) is 178 cm³/mol. The molecule has 4 atom stereocenters. The second kappa shape index (κ2) is 15.0. The SMILES string of the molecule is Cl.N#COc1ccc(Cl)c(C(F)(F)F)c1.NC12CC3CC(CC(C3)O1)C2.O=C(Nc1ccc(Cl)c(C(F)(F)F)c1)NC12CC3CC(CC(C3)O1)C2.